The third-order valence-electron chi connectivity index (χ3n) is 3.19. The first-order valence-corrected chi connectivity index (χ1v) is 6.43. The quantitative estimate of drug-likeness (QED) is 0.740. The Morgan fingerprint density at radius 3 is 2.90 bits per heavy atom. The zero-order chi connectivity index (χ0) is 14.8. The lowest BCUT2D eigenvalue weighted by Crippen LogP contribution is -1.98. The topological polar surface area (TPSA) is 53.1 Å². The summed E-state index contributed by atoms with van der Waals surface area (Å²) in [7, 11) is 1.49. The Kier molecular flexibility index (Phi) is 3.43. The van der Waals surface area contributed by atoms with Crippen LogP contribution >= 0.6 is 0 Å². The summed E-state index contributed by atoms with van der Waals surface area (Å²) < 4.78 is 26.5. The van der Waals surface area contributed by atoms with Crippen LogP contribution in [-0.4, -0.2) is 21.6 Å². The number of imidazole rings is 1. The number of hydrogen-bond donors (Lipinski definition) is 0. The van der Waals surface area contributed by atoms with Crippen LogP contribution in [0.3, 0.4) is 0 Å². The van der Waals surface area contributed by atoms with Crippen LogP contribution in [0.2, 0.25) is 0 Å². The molecular formula is C15H14FN3O2. The molecule has 0 aliphatic carbocycles. The van der Waals surface area contributed by atoms with E-state index in [1.807, 2.05) is 17.7 Å². The molecule has 0 aliphatic rings. The van der Waals surface area contributed by atoms with Crippen molar-refractivity contribution in [1.29, 1.82) is 0 Å². The Hall–Kier alpha value is -2.63. The molecule has 0 N–H and O–H groups in total. The van der Waals surface area contributed by atoms with Crippen molar-refractivity contribution in [1.82, 2.24) is 14.5 Å². The van der Waals surface area contributed by atoms with Gasteiger partial charge in [-0.15, -0.1) is 0 Å². The highest BCUT2D eigenvalue weighted by Crippen LogP contribution is 2.27. The second-order valence-corrected chi connectivity index (χ2v) is 4.60. The molecule has 0 bridgehead atoms. The summed E-state index contributed by atoms with van der Waals surface area (Å²) >= 11 is 0. The smallest absolute Gasteiger partial charge is 0.229 e. The summed E-state index contributed by atoms with van der Waals surface area (Å²) in [5.74, 6) is 0.958. The molecule has 0 unspecified atom stereocenters. The van der Waals surface area contributed by atoms with E-state index >= 15 is 0 Å². The van der Waals surface area contributed by atoms with Gasteiger partial charge in [0.25, 0.3) is 0 Å². The average Bonchev–Trinajstić information content (AvgIpc) is 3.10. The number of hydrogen-bond acceptors (Lipinski definition) is 4. The minimum atomic E-state index is -0.426. The molecule has 0 saturated heterocycles. The highest BCUT2D eigenvalue weighted by Gasteiger charge is 2.15. The molecule has 0 atom stereocenters. The molecule has 2 heterocycles. The van der Waals surface area contributed by atoms with E-state index in [9.17, 15) is 4.39 Å². The molecule has 3 rings (SSSR count). The van der Waals surface area contributed by atoms with Crippen molar-refractivity contribution in [2.24, 2.45) is 0 Å². The monoisotopic (exact) mass is 287 g/mol. The Morgan fingerprint density at radius 1 is 1.38 bits per heavy atom. The van der Waals surface area contributed by atoms with Crippen molar-refractivity contribution in [3.05, 3.63) is 54.2 Å². The van der Waals surface area contributed by atoms with Gasteiger partial charge in [-0.3, -0.25) is 0 Å². The molecule has 0 spiro atoms. The number of methoxy groups -OCH3 is 1. The summed E-state index contributed by atoms with van der Waals surface area (Å²) in [5, 5.41) is 0. The predicted octanol–water partition coefficient (Wildman–Crippen LogP) is 3.04. The Bertz CT molecular complexity index is 750. The number of aryl methyl sites for hydroxylation is 1. The molecule has 108 valence electrons. The molecule has 0 amide bonds. The van der Waals surface area contributed by atoms with Crippen LogP contribution < -0.4 is 4.74 Å². The first kappa shape index (κ1) is 13.4. The standard InChI is InChI=1S/C15H14FN3O2/c1-10-14(8-19-6-5-17-9-19)18-15(21-10)12-4-3-11(20-2)7-13(12)16/h3-7,9H,8H2,1-2H3. The van der Waals surface area contributed by atoms with Gasteiger partial charge in [0.15, 0.2) is 0 Å². The number of halogens is 1. The fourth-order valence-corrected chi connectivity index (χ4v) is 2.04. The molecule has 2 aromatic heterocycles. The molecular weight excluding hydrogens is 273 g/mol. The van der Waals surface area contributed by atoms with Gasteiger partial charge in [-0.2, -0.15) is 0 Å². The molecule has 3 aromatic rings. The van der Waals surface area contributed by atoms with Gasteiger partial charge in [0.05, 0.1) is 25.5 Å². The van der Waals surface area contributed by atoms with Crippen molar-refractivity contribution in [2.75, 3.05) is 7.11 Å². The minimum Gasteiger partial charge on any atom is -0.497 e. The van der Waals surface area contributed by atoms with Crippen molar-refractivity contribution in [2.45, 2.75) is 13.5 Å². The summed E-state index contributed by atoms with van der Waals surface area (Å²) in [4.78, 5) is 8.35. The van der Waals surface area contributed by atoms with Crippen molar-refractivity contribution < 1.29 is 13.5 Å². The average molecular weight is 287 g/mol. The fourth-order valence-electron chi connectivity index (χ4n) is 2.04. The second-order valence-electron chi connectivity index (χ2n) is 4.60. The SMILES string of the molecule is COc1ccc(-c2nc(Cn3ccnc3)c(C)o2)c(F)c1. The molecule has 0 fully saturated rings. The van der Waals surface area contributed by atoms with Crippen molar-refractivity contribution in [3.8, 4) is 17.2 Å². The van der Waals surface area contributed by atoms with Gasteiger partial charge in [-0.1, -0.05) is 0 Å². The number of ether oxygens (including phenoxy) is 1. The third-order valence-corrected chi connectivity index (χ3v) is 3.19. The van der Waals surface area contributed by atoms with Crippen molar-refractivity contribution >= 4 is 0 Å². The molecule has 6 heteroatoms. The Morgan fingerprint density at radius 2 is 2.24 bits per heavy atom. The number of aromatic nitrogens is 3. The number of benzene rings is 1. The predicted molar refractivity (Wildman–Crippen MR) is 74.5 cm³/mol. The normalized spacial score (nSPS) is 10.8. The summed E-state index contributed by atoms with van der Waals surface area (Å²) in [6.45, 7) is 2.34. The third kappa shape index (κ3) is 2.65. The van der Waals surface area contributed by atoms with Crippen LogP contribution in [-0.2, 0) is 6.54 Å². The van der Waals surface area contributed by atoms with Crippen LogP contribution in [0.15, 0.2) is 41.3 Å². The van der Waals surface area contributed by atoms with E-state index in [2.05, 4.69) is 9.97 Å². The largest absolute Gasteiger partial charge is 0.497 e. The van der Waals surface area contributed by atoms with Crippen molar-refractivity contribution in [3.63, 3.8) is 0 Å². The highest BCUT2D eigenvalue weighted by molar-refractivity contribution is 5.56. The summed E-state index contributed by atoms with van der Waals surface area (Å²) in [6.07, 6.45) is 5.23. The van der Waals surface area contributed by atoms with Gasteiger partial charge in [0.1, 0.15) is 23.0 Å². The lowest BCUT2D eigenvalue weighted by atomic mass is 10.2. The maximum atomic E-state index is 14.0. The fraction of sp³-hybridized carbons (Fsp3) is 0.200. The molecule has 21 heavy (non-hydrogen) atoms. The molecule has 0 saturated carbocycles. The maximum Gasteiger partial charge on any atom is 0.229 e. The lowest BCUT2D eigenvalue weighted by Gasteiger charge is -2.02. The number of oxazole rings is 1. The summed E-state index contributed by atoms with van der Waals surface area (Å²) in [5.41, 5.74) is 1.06. The van der Waals surface area contributed by atoms with E-state index in [-0.39, 0.29) is 5.89 Å². The van der Waals surface area contributed by atoms with E-state index in [1.54, 1.807) is 24.7 Å². The molecule has 0 aliphatic heterocycles. The second kappa shape index (κ2) is 5.40. The van der Waals surface area contributed by atoms with Gasteiger partial charge in [0, 0.05) is 18.5 Å². The van der Waals surface area contributed by atoms with Crippen LogP contribution in [0.4, 0.5) is 4.39 Å². The molecule has 1 aromatic carbocycles. The first-order valence-electron chi connectivity index (χ1n) is 6.43. The van der Waals surface area contributed by atoms with Crippen LogP contribution in [0.1, 0.15) is 11.5 Å². The van der Waals surface area contributed by atoms with E-state index in [1.165, 1.54) is 13.2 Å². The Balaban J connectivity index is 1.93. The van der Waals surface area contributed by atoms with Gasteiger partial charge in [-0.25, -0.2) is 14.4 Å². The molecule has 5 nitrogen and oxygen atoms in total. The number of nitrogens with zero attached hydrogens (tertiary/aromatic N) is 3. The van der Waals surface area contributed by atoms with E-state index in [0.717, 1.165) is 5.69 Å². The van der Waals surface area contributed by atoms with Gasteiger partial charge in [-0.05, 0) is 19.1 Å². The van der Waals surface area contributed by atoms with Gasteiger partial charge in [0.2, 0.25) is 5.89 Å². The van der Waals surface area contributed by atoms with Crippen LogP contribution in [0.5, 0.6) is 5.75 Å². The van der Waals surface area contributed by atoms with Crippen LogP contribution in [0, 0.1) is 12.7 Å². The van der Waals surface area contributed by atoms with E-state index in [4.69, 9.17) is 9.15 Å². The lowest BCUT2D eigenvalue weighted by molar-refractivity contribution is 0.411. The number of rotatable bonds is 4. The maximum absolute atomic E-state index is 14.0. The van der Waals surface area contributed by atoms with E-state index in [0.29, 0.717) is 23.6 Å². The van der Waals surface area contributed by atoms with E-state index < -0.39 is 5.82 Å². The molecule has 0 radical (unpaired) electrons. The highest BCUT2D eigenvalue weighted by atomic mass is 19.1. The zero-order valence-electron chi connectivity index (χ0n) is 11.7. The van der Waals surface area contributed by atoms with Gasteiger partial charge < -0.3 is 13.7 Å². The summed E-state index contributed by atoms with van der Waals surface area (Å²) in [6, 6.07) is 4.58. The van der Waals surface area contributed by atoms with Crippen LogP contribution in [0.25, 0.3) is 11.5 Å². The zero-order valence-corrected chi connectivity index (χ0v) is 11.7. The minimum absolute atomic E-state index is 0.266. The Labute approximate surface area is 121 Å². The van der Waals surface area contributed by atoms with Gasteiger partial charge >= 0.3 is 0 Å². The first-order chi connectivity index (χ1) is 10.2.